The van der Waals surface area contributed by atoms with Gasteiger partial charge in [0.15, 0.2) is 0 Å². The van der Waals surface area contributed by atoms with E-state index in [-0.39, 0.29) is 5.82 Å². The summed E-state index contributed by atoms with van der Waals surface area (Å²) in [5.41, 5.74) is 2.73. The average Bonchev–Trinajstić information content (AvgIpc) is 2.24. The lowest BCUT2D eigenvalue weighted by Gasteiger charge is -2.04. The monoisotopic (exact) mass is 234 g/mol. The smallest absolute Gasteiger partial charge is 0.126 e. The molecule has 2 heteroatoms. The zero-order valence-corrected chi connectivity index (χ0v) is 9.76. The number of benzene rings is 2. The Balaban J connectivity index is 2.24. The first-order chi connectivity index (χ1) is 7.65. The second kappa shape index (κ2) is 4.67. The molecule has 0 amide bonds. The van der Waals surface area contributed by atoms with Crippen LogP contribution in [0, 0.1) is 12.7 Å². The predicted molar refractivity (Wildman–Crippen MR) is 65.4 cm³/mol. The molecule has 0 aromatic heterocycles. The number of halogens is 2. The highest BCUT2D eigenvalue weighted by molar-refractivity contribution is 6.30. The van der Waals surface area contributed by atoms with Crippen LogP contribution >= 0.6 is 11.6 Å². The highest BCUT2D eigenvalue weighted by Gasteiger charge is 2.01. The Morgan fingerprint density at radius 1 is 1.06 bits per heavy atom. The molecule has 2 aromatic rings. The van der Waals surface area contributed by atoms with Gasteiger partial charge >= 0.3 is 0 Å². The molecule has 2 aromatic carbocycles. The van der Waals surface area contributed by atoms with Crippen LogP contribution in [0.5, 0.6) is 0 Å². The van der Waals surface area contributed by atoms with Crippen molar-refractivity contribution in [2.45, 2.75) is 13.3 Å². The van der Waals surface area contributed by atoms with E-state index in [2.05, 4.69) is 0 Å². The van der Waals surface area contributed by atoms with Crippen LogP contribution in [0.3, 0.4) is 0 Å². The first-order valence-electron chi connectivity index (χ1n) is 5.14. The SMILES string of the molecule is Cc1ccc(Cc2cccc(Cl)c2)cc1F. The van der Waals surface area contributed by atoms with Crippen molar-refractivity contribution < 1.29 is 4.39 Å². The van der Waals surface area contributed by atoms with Gasteiger partial charge in [0.25, 0.3) is 0 Å². The summed E-state index contributed by atoms with van der Waals surface area (Å²) in [5, 5.41) is 0.713. The van der Waals surface area contributed by atoms with E-state index in [4.69, 9.17) is 11.6 Å². The van der Waals surface area contributed by atoms with Gasteiger partial charge in [0.05, 0.1) is 0 Å². The molecular formula is C14H12ClF. The van der Waals surface area contributed by atoms with E-state index in [9.17, 15) is 4.39 Å². The summed E-state index contributed by atoms with van der Waals surface area (Å²) in [7, 11) is 0. The summed E-state index contributed by atoms with van der Waals surface area (Å²) in [5.74, 6) is -0.153. The van der Waals surface area contributed by atoms with Gasteiger partial charge in [-0.25, -0.2) is 4.39 Å². The summed E-state index contributed by atoms with van der Waals surface area (Å²) in [4.78, 5) is 0. The second-order valence-corrected chi connectivity index (χ2v) is 4.33. The van der Waals surface area contributed by atoms with Crippen molar-refractivity contribution in [3.63, 3.8) is 0 Å². The van der Waals surface area contributed by atoms with Crippen molar-refractivity contribution in [2.75, 3.05) is 0 Å². The molecule has 0 aliphatic rings. The molecule has 0 heterocycles. The van der Waals surface area contributed by atoms with Crippen molar-refractivity contribution in [3.8, 4) is 0 Å². The zero-order valence-electron chi connectivity index (χ0n) is 9.00. The Hall–Kier alpha value is -1.34. The standard InChI is InChI=1S/C14H12ClF/c1-10-5-6-12(9-14(10)16)7-11-3-2-4-13(15)8-11/h2-6,8-9H,7H2,1H3. The Morgan fingerprint density at radius 2 is 1.81 bits per heavy atom. The van der Waals surface area contributed by atoms with Crippen molar-refractivity contribution >= 4 is 11.6 Å². The Labute approximate surface area is 99.7 Å². The van der Waals surface area contributed by atoms with Crippen LogP contribution in [0.15, 0.2) is 42.5 Å². The largest absolute Gasteiger partial charge is 0.207 e. The van der Waals surface area contributed by atoms with Gasteiger partial charge in [-0.3, -0.25) is 0 Å². The van der Waals surface area contributed by atoms with Crippen LogP contribution in [-0.2, 0) is 6.42 Å². The Morgan fingerprint density at radius 3 is 2.50 bits per heavy atom. The number of hydrogen-bond donors (Lipinski definition) is 0. The quantitative estimate of drug-likeness (QED) is 0.724. The summed E-state index contributed by atoms with van der Waals surface area (Å²) >= 11 is 5.89. The van der Waals surface area contributed by atoms with Crippen molar-refractivity contribution in [2.24, 2.45) is 0 Å². The molecule has 0 aliphatic heterocycles. The van der Waals surface area contributed by atoms with Gasteiger partial charge < -0.3 is 0 Å². The first kappa shape index (κ1) is 11.2. The molecule has 0 radical (unpaired) electrons. The Kier molecular flexibility index (Phi) is 3.25. The van der Waals surface area contributed by atoms with E-state index in [0.29, 0.717) is 17.0 Å². The minimum atomic E-state index is -0.153. The molecule has 0 aliphatic carbocycles. The Bertz CT molecular complexity index is 506. The van der Waals surface area contributed by atoms with E-state index >= 15 is 0 Å². The van der Waals surface area contributed by atoms with Gasteiger partial charge in [-0.1, -0.05) is 35.9 Å². The molecule has 16 heavy (non-hydrogen) atoms. The highest BCUT2D eigenvalue weighted by atomic mass is 35.5. The van der Waals surface area contributed by atoms with Gasteiger partial charge in [-0.05, 0) is 48.2 Å². The van der Waals surface area contributed by atoms with Crippen molar-refractivity contribution in [3.05, 3.63) is 70.0 Å². The predicted octanol–water partition coefficient (Wildman–Crippen LogP) is 4.38. The summed E-state index contributed by atoms with van der Waals surface area (Å²) in [6, 6.07) is 13.0. The van der Waals surface area contributed by atoms with Crippen LogP contribution in [0.25, 0.3) is 0 Å². The van der Waals surface area contributed by atoms with Crippen LogP contribution in [-0.4, -0.2) is 0 Å². The minimum Gasteiger partial charge on any atom is -0.207 e. The van der Waals surface area contributed by atoms with Gasteiger partial charge in [0, 0.05) is 5.02 Å². The lowest BCUT2D eigenvalue weighted by atomic mass is 10.0. The van der Waals surface area contributed by atoms with Crippen LogP contribution in [0.4, 0.5) is 4.39 Å². The maximum Gasteiger partial charge on any atom is 0.126 e. The number of hydrogen-bond acceptors (Lipinski definition) is 0. The van der Waals surface area contributed by atoms with Crippen molar-refractivity contribution in [1.29, 1.82) is 0 Å². The van der Waals surface area contributed by atoms with E-state index in [1.54, 1.807) is 19.1 Å². The second-order valence-electron chi connectivity index (χ2n) is 3.89. The molecule has 0 saturated carbocycles. The molecule has 0 N–H and O–H groups in total. The lowest BCUT2D eigenvalue weighted by Crippen LogP contribution is -1.91. The highest BCUT2D eigenvalue weighted by Crippen LogP contribution is 2.16. The molecule has 0 unspecified atom stereocenters. The fraction of sp³-hybridized carbons (Fsp3) is 0.143. The third-order valence-electron chi connectivity index (χ3n) is 2.53. The van der Waals surface area contributed by atoms with Gasteiger partial charge in [-0.2, -0.15) is 0 Å². The minimum absolute atomic E-state index is 0.153. The van der Waals surface area contributed by atoms with Gasteiger partial charge in [0.1, 0.15) is 5.82 Å². The molecule has 82 valence electrons. The first-order valence-corrected chi connectivity index (χ1v) is 5.52. The van der Waals surface area contributed by atoms with Crippen LogP contribution in [0.2, 0.25) is 5.02 Å². The number of aryl methyl sites for hydroxylation is 1. The molecule has 0 saturated heterocycles. The van der Waals surface area contributed by atoms with Crippen LogP contribution in [0.1, 0.15) is 16.7 Å². The third-order valence-corrected chi connectivity index (χ3v) is 2.77. The molecule has 0 fully saturated rings. The van der Waals surface area contributed by atoms with Crippen LogP contribution < -0.4 is 0 Å². The molecule has 0 atom stereocenters. The van der Waals surface area contributed by atoms with Gasteiger partial charge in [-0.15, -0.1) is 0 Å². The molecule has 0 spiro atoms. The topological polar surface area (TPSA) is 0 Å². The van der Waals surface area contributed by atoms with E-state index < -0.39 is 0 Å². The third kappa shape index (κ3) is 2.61. The van der Waals surface area contributed by atoms with E-state index in [1.165, 1.54) is 0 Å². The normalized spacial score (nSPS) is 10.4. The summed E-state index contributed by atoms with van der Waals surface area (Å²) in [6.45, 7) is 1.76. The number of rotatable bonds is 2. The van der Waals surface area contributed by atoms with E-state index in [1.807, 2.05) is 30.3 Å². The molecular weight excluding hydrogens is 223 g/mol. The van der Waals surface area contributed by atoms with E-state index in [0.717, 1.165) is 11.1 Å². The summed E-state index contributed by atoms with van der Waals surface area (Å²) in [6.07, 6.45) is 0.706. The fourth-order valence-electron chi connectivity index (χ4n) is 1.63. The molecule has 0 nitrogen and oxygen atoms in total. The van der Waals surface area contributed by atoms with Crippen molar-refractivity contribution in [1.82, 2.24) is 0 Å². The maximum absolute atomic E-state index is 13.3. The summed E-state index contributed by atoms with van der Waals surface area (Å²) < 4.78 is 13.3. The van der Waals surface area contributed by atoms with Gasteiger partial charge in [0.2, 0.25) is 0 Å². The fourth-order valence-corrected chi connectivity index (χ4v) is 1.84. The molecule has 0 bridgehead atoms. The zero-order chi connectivity index (χ0) is 11.5. The average molecular weight is 235 g/mol. The maximum atomic E-state index is 13.3. The molecule has 2 rings (SSSR count). The lowest BCUT2D eigenvalue weighted by molar-refractivity contribution is 0.616.